The molecule has 1 aliphatic rings. The third-order valence-electron chi connectivity index (χ3n) is 4.52. The highest BCUT2D eigenvalue weighted by Gasteiger charge is 2.32. The number of rotatable bonds is 5. The van der Waals surface area contributed by atoms with Crippen LogP contribution in [0, 0.1) is 5.82 Å². The number of carbonyl (C=O) groups excluding carboxylic acids is 1. The molecule has 6 nitrogen and oxygen atoms in total. The molecule has 0 saturated carbocycles. The summed E-state index contributed by atoms with van der Waals surface area (Å²) in [6.07, 6.45) is -0.406. The van der Waals surface area contributed by atoms with Gasteiger partial charge in [0.15, 0.2) is 0 Å². The van der Waals surface area contributed by atoms with Crippen LogP contribution in [0.25, 0.3) is 0 Å². The van der Waals surface area contributed by atoms with Crippen LogP contribution >= 0.6 is 0 Å². The van der Waals surface area contributed by atoms with E-state index in [0.717, 1.165) is 0 Å². The Kier molecular flexibility index (Phi) is 6.12. The highest BCUT2D eigenvalue weighted by molar-refractivity contribution is 7.89. The minimum Gasteiger partial charge on any atom is -0.373 e. The van der Waals surface area contributed by atoms with Gasteiger partial charge in [-0.05, 0) is 38.1 Å². The molecule has 150 valence electrons. The van der Waals surface area contributed by atoms with E-state index in [4.69, 9.17) is 4.74 Å². The molecule has 0 unspecified atom stereocenters. The number of hydrogen-bond acceptors (Lipinski definition) is 4. The molecular formula is C20H23FN2O4S. The van der Waals surface area contributed by atoms with Gasteiger partial charge in [0.05, 0.1) is 17.1 Å². The van der Waals surface area contributed by atoms with E-state index in [2.05, 4.69) is 5.32 Å². The Bertz CT molecular complexity index is 954. The molecule has 0 bridgehead atoms. The summed E-state index contributed by atoms with van der Waals surface area (Å²) in [4.78, 5) is 12.5. The Morgan fingerprint density at radius 1 is 1.14 bits per heavy atom. The topological polar surface area (TPSA) is 75.7 Å². The van der Waals surface area contributed by atoms with Crippen molar-refractivity contribution in [2.24, 2.45) is 0 Å². The quantitative estimate of drug-likeness (QED) is 0.828. The Morgan fingerprint density at radius 2 is 1.82 bits per heavy atom. The van der Waals surface area contributed by atoms with E-state index in [-0.39, 0.29) is 42.3 Å². The summed E-state index contributed by atoms with van der Waals surface area (Å²) in [6, 6.07) is 12.0. The fourth-order valence-electron chi connectivity index (χ4n) is 3.19. The first-order chi connectivity index (χ1) is 13.3. The van der Waals surface area contributed by atoms with Crippen molar-refractivity contribution in [2.45, 2.75) is 37.5 Å². The van der Waals surface area contributed by atoms with E-state index < -0.39 is 21.7 Å². The number of nitrogens with one attached hydrogen (secondary N) is 1. The summed E-state index contributed by atoms with van der Waals surface area (Å²) in [5, 5.41) is 2.62. The number of sulfonamides is 1. The van der Waals surface area contributed by atoms with Crippen molar-refractivity contribution in [1.82, 2.24) is 9.62 Å². The molecule has 1 heterocycles. The normalized spacial score (nSPS) is 20.7. The van der Waals surface area contributed by atoms with Crippen LogP contribution in [0.15, 0.2) is 53.4 Å². The van der Waals surface area contributed by atoms with Gasteiger partial charge in [-0.15, -0.1) is 0 Å². The lowest BCUT2D eigenvalue weighted by Crippen LogP contribution is -2.48. The smallest absolute Gasteiger partial charge is 0.251 e. The van der Waals surface area contributed by atoms with Gasteiger partial charge in [-0.2, -0.15) is 4.31 Å². The first-order valence-electron chi connectivity index (χ1n) is 9.04. The van der Waals surface area contributed by atoms with Crippen LogP contribution in [0.5, 0.6) is 0 Å². The second-order valence-corrected chi connectivity index (χ2v) is 8.82. The highest BCUT2D eigenvalue weighted by atomic mass is 32.2. The van der Waals surface area contributed by atoms with Crippen LogP contribution in [-0.4, -0.2) is 43.9 Å². The van der Waals surface area contributed by atoms with Crippen LogP contribution in [0.4, 0.5) is 4.39 Å². The van der Waals surface area contributed by atoms with Crippen molar-refractivity contribution in [2.75, 3.05) is 13.1 Å². The molecule has 0 radical (unpaired) electrons. The molecule has 1 amide bonds. The summed E-state index contributed by atoms with van der Waals surface area (Å²) in [7, 11) is -3.74. The minimum atomic E-state index is -3.74. The molecule has 28 heavy (non-hydrogen) atoms. The maximum atomic E-state index is 13.7. The monoisotopic (exact) mass is 406 g/mol. The Balaban J connectivity index is 1.76. The van der Waals surface area contributed by atoms with Gasteiger partial charge < -0.3 is 10.1 Å². The van der Waals surface area contributed by atoms with Gasteiger partial charge in [0.2, 0.25) is 10.0 Å². The second kappa shape index (κ2) is 8.38. The van der Waals surface area contributed by atoms with Crippen molar-refractivity contribution in [3.8, 4) is 0 Å². The second-order valence-electron chi connectivity index (χ2n) is 6.88. The fourth-order valence-corrected chi connectivity index (χ4v) is 4.83. The zero-order valence-corrected chi connectivity index (χ0v) is 16.6. The lowest BCUT2D eigenvalue weighted by atomic mass is 10.2. The van der Waals surface area contributed by atoms with E-state index in [1.54, 1.807) is 18.2 Å². The predicted octanol–water partition coefficient (Wildman–Crippen LogP) is 2.55. The molecular weight excluding hydrogens is 383 g/mol. The molecule has 0 aliphatic carbocycles. The molecule has 3 rings (SSSR count). The van der Waals surface area contributed by atoms with Crippen LogP contribution in [0.3, 0.4) is 0 Å². The van der Waals surface area contributed by atoms with Crippen LogP contribution in [0.1, 0.15) is 29.8 Å². The first kappa shape index (κ1) is 20.4. The van der Waals surface area contributed by atoms with Crippen molar-refractivity contribution in [3.05, 3.63) is 65.5 Å². The largest absolute Gasteiger partial charge is 0.373 e. The zero-order chi connectivity index (χ0) is 20.3. The summed E-state index contributed by atoms with van der Waals surface area (Å²) >= 11 is 0. The zero-order valence-electron chi connectivity index (χ0n) is 15.8. The van der Waals surface area contributed by atoms with Crippen molar-refractivity contribution in [3.63, 3.8) is 0 Å². The summed E-state index contributed by atoms with van der Waals surface area (Å²) in [5.41, 5.74) is 0.558. The number of ether oxygens (including phenoxy) is 1. The van der Waals surface area contributed by atoms with Gasteiger partial charge in [-0.3, -0.25) is 4.79 Å². The number of hydrogen-bond donors (Lipinski definition) is 1. The van der Waals surface area contributed by atoms with Crippen molar-refractivity contribution in [1.29, 1.82) is 0 Å². The molecule has 1 fully saturated rings. The van der Waals surface area contributed by atoms with Gasteiger partial charge in [-0.25, -0.2) is 12.8 Å². The maximum absolute atomic E-state index is 13.7. The lowest BCUT2D eigenvalue weighted by molar-refractivity contribution is -0.0440. The molecule has 0 aromatic heterocycles. The molecule has 1 saturated heterocycles. The summed E-state index contributed by atoms with van der Waals surface area (Å²) in [6.45, 7) is 4.18. The highest BCUT2D eigenvalue weighted by Crippen LogP contribution is 2.22. The average molecular weight is 406 g/mol. The molecule has 1 aliphatic heterocycles. The Labute approximate surface area is 164 Å². The number of nitrogens with zero attached hydrogens (tertiary/aromatic N) is 1. The van der Waals surface area contributed by atoms with E-state index in [1.807, 2.05) is 13.8 Å². The molecule has 1 N–H and O–H groups in total. The molecule has 8 heteroatoms. The van der Waals surface area contributed by atoms with Gasteiger partial charge in [0, 0.05) is 30.8 Å². The van der Waals surface area contributed by atoms with Gasteiger partial charge in [0.1, 0.15) is 5.82 Å². The number of carbonyl (C=O) groups is 1. The summed E-state index contributed by atoms with van der Waals surface area (Å²) in [5.74, 6) is -0.876. The molecule has 0 spiro atoms. The number of amides is 1. The van der Waals surface area contributed by atoms with E-state index in [0.29, 0.717) is 5.56 Å². The van der Waals surface area contributed by atoms with E-state index in [1.165, 1.54) is 34.6 Å². The van der Waals surface area contributed by atoms with Gasteiger partial charge in [-0.1, -0.05) is 24.3 Å². The first-order valence-corrected chi connectivity index (χ1v) is 10.5. The fraction of sp³-hybridized carbons (Fsp3) is 0.350. The van der Waals surface area contributed by atoms with Crippen LogP contribution in [0.2, 0.25) is 0 Å². The van der Waals surface area contributed by atoms with Crippen molar-refractivity contribution >= 4 is 15.9 Å². The number of benzene rings is 2. The van der Waals surface area contributed by atoms with Gasteiger partial charge >= 0.3 is 0 Å². The number of morpholine rings is 1. The van der Waals surface area contributed by atoms with Crippen LogP contribution in [-0.2, 0) is 21.3 Å². The average Bonchev–Trinajstić information content (AvgIpc) is 2.66. The Morgan fingerprint density at radius 3 is 2.50 bits per heavy atom. The lowest BCUT2D eigenvalue weighted by Gasteiger charge is -2.34. The third kappa shape index (κ3) is 4.57. The van der Waals surface area contributed by atoms with E-state index in [9.17, 15) is 17.6 Å². The summed E-state index contributed by atoms with van der Waals surface area (Å²) < 4.78 is 46.6. The maximum Gasteiger partial charge on any atom is 0.251 e. The standard InChI is InChI=1S/C20H23FN2O4S/c1-14-12-23(13-15(2)27-14)28(25,26)18-8-5-7-16(10-18)20(24)22-11-17-6-3-4-9-19(17)21/h3-10,14-15H,11-13H2,1-2H3,(H,22,24)/t14-,15+. The van der Waals surface area contributed by atoms with Crippen LogP contribution < -0.4 is 5.32 Å². The Hall–Kier alpha value is -2.29. The van der Waals surface area contributed by atoms with Gasteiger partial charge in [0.25, 0.3) is 5.91 Å². The molecule has 2 aromatic carbocycles. The molecule has 2 aromatic rings. The number of halogens is 1. The van der Waals surface area contributed by atoms with Crippen molar-refractivity contribution < 1.29 is 22.3 Å². The molecule has 2 atom stereocenters. The third-order valence-corrected chi connectivity index (χ3v) is 6.34. The predicted molar refractivity (Wildman–Crippen MR) is 103 cm³/mol. The van der Waals surface area contributed by atoms with E-state index >= 15 is 0 Å². The minimum absolute atomic E-state index is 0.0149. The SMILES string of the molecule is C[C@@H]1CN(S(=O)(=O)c2cccc(C(=O)NCc3ccccc3F)c2)C[C@H](C)O1.